The van der Waals surface area contributed by atoms with E-state index in [0.717, 1.165) is 32.1 Å². The van der Waals surface area contributed by atoms with Gasteiger partial charge in [0.1, 0.15) is 0 Å². The molecular formula is C15H15BrClNO2. The Morgan fingerprint density at radius 1 is 1.15 bits per heavy atom. The number of amides is 2. The zero-order chi connectivity index (χ0) is 14.3. The molecule has 2 amide bonds. The highest BCUT2D eigenvalue weighted by Gasteiger charge is 2.51. The van der Waals surface area contributed by atoms with Gasteiger partial charge in [-0.05, 0) is 47.0 Å². The van der Waals surface area contributed by atoms with E-state index >= 15 is 0 Å². The summed E-state index contributed by atoms with van der Waals surface area (Å²) in [7, 11) is 0. The van der Waals surface area contributed by atoms with Crippen LogP contribution < -0.4 is 4.90 Å². The van der Waals surface area contributed by atoms with Crippen LogP contribution in [-0.2, 0) is 9.59 Å². The average molecular weight is 357 g/mol. The lowest BCUT2D eigenvalue weighted by Crippen LogP contribution is -2.36. The van der Waals surface area contributed by atoms with Gasteiger partial charge in [-0.15, -0.1) is 0 Å². The molecule has 5 heteroatoms. The van der Waals surface area contributed by atoms with Crippen molar-refractivity contribution in [3.8, 4) is 0 Å². The minimum Gasteiger partial charge on any atom is -0.274 e. The van der Waals surface area contributed by atoms with Gasteiger partial charge in [0, 0.05) is 10.9 Å². The molecule has 3 rings (SSSR count). The Bertz CT molecular complexity index is 581. The third-order valence-electron chi connectivity index (χ3n) is 4.37. The van der Waals surface area contributed by atoms with E-state index in [1.807, 2.05) is 0 Å². The lowest BCUT2D eigenvalue weighted by molar-refractivity contribution is -0.127. The van der Waals surface area contributed by atoms with Gasteiger partial charge in [-0.25, -0.2) is 0 Å². The minimum absolute atomic E-state index is 0.0311. The van der Waals surface area contributed by atoms with Crippen LogP contribution in [0.15, 0.2) is 22.7 Å². The van der Waals surface area contributed by atoms with Gasteiger partial charge in [0.25, 0.3) is 0 Å². The maximum absolute atomic E-state index is 12.7. The number of halogens is 2. The summed E-state index contributed by atoms with van der Waals surface area (Å²) in [5.74, 6) is -0.123. The second kappa shape index (κ2) is 5.15. The van der Waals surface area contributed by atoms with Gasteiger partial charge in [0.2, 0.25) is 11.8 Å². The van der Waals surface area contributed by atoms with E-state index < -0.39 is 5.41 Å². The van der Waals surface area contributed by atoms with Crippen LogP contribution in [0.3, 0.4) is 0 Å². The lowest BCUT2D eigenvalue weighted by atomic mass is 9.73. The molecule has 0 aromatic heterocycles. The molecule has 2 aliphatic rings. The second-order valence-corrected chi connectivity index (χ2v) is 6.91. The third-order valence-corrected chi connectivity index (χ3v) is 5.58. The molecule has 20 heavy (non-hydrogen) atoms. The van der Waals surface area contributed by atoms with Crippen LogP contribution in [0.25, 0.3) is 0 Å². The predicted molar refractivity (Wildman–Crippen MR) is 81.8 cm³/mol. The number of carbonyl (C=O) groups excluding carboxylic acids is 2. The van der Waals surface area contributed by atoms with E-state index in [9.17, 15) is 9.59 Å². The van der Waals surface area contributed by atoms with E-state index in [1.54, 1.807) is 18.2 Å². The fraction of sp³-hybridized carbons (Fsp3) is 0.467. The number of anilines is 1. The van der Waals surface area contributed by atoms with Crippen molar-refractivity contribution in [2.45, 2.75) is 38.5 Å². The van der Waals surface area contributed by atoms with Crippen molar-refractivity contribution >= 4 is 45.0 Å². The van der Waals surface area contributed by atoms with Crippen LogP contribution in [0.4, 0.5) is 5.69 Å². The summed E-state index contributed by atoms with van der Waals surface area (Å²) in [5, 5.41) is 0.570. The van der Waals surface area contributed by atoms with Crippen molar-refractivity contribution in [1.29, 1.82) is 0 Å². The van der Waals surface area contributed by atoms with Gasteiger partial charge in [0.05, 0.1) is 16.1 Å². The summed E-state index contributed by atoms with van der Waals surface area (Å²) in [6, 6.07) is 5.16. The van der Waals surface area contributed by atoms with Crippen LogP contribution in [-0.4, -0.2) is 11.8 Å². The van der Waals surface area contributed by atoms with E-state index in [0.29, 0.717) is 21.6 Å². The molecular weight excluding hydrogens is 342 g/mol. The summed E-state index contributed by atoms with van der Waals surface area (Å²) < 4.78 is 0.696. The Morgan fingerprint density at radius 3 is 2.50 bits per heavy atom. The van der Waals surface area contributed by atoms with E-state index in [2.05, 4.69) is 15.9 Å². The molecule has 0 unspecified atom stereocenters. The molecule has 3 nitrogen and oxygen atoms in total. The molecule has 1 aliphatic carbocycles. The van der Waals surface area contributed by atoms with Gasteiger partial charge < -0.3 is 0 Å². The fourth-order valence-electron chi connectivity index (χ4n) is 3.30. The lowest BCUT2D eigenvalue weighted by Gasteiger charge is -2.30. The normalized spacial score (nSPS) is 21.8. The first-order valence-electron chi connectivity index (χ1n) is 6.86. The summed E-state index contributed by atoms with van der Waals surface area (Å²) in [5.41, 5.74) is 0.167. The van der Waals surface area contributed by atoms with Gasteiger partial charge in [-0.2, -0.15) is 0 Å². The summed E-state index contributed by atoms with van der Waals surface area (Å²) in [4.78, 5) is 26.4. The molecule has 1 heterocycles. The van der Waals surface area contributed by atoms with E-state index in [4.69, 9.17) is 11.6 Å². The molecule has 0 atom stereocenters. The molecule has 1 saturated carbocycles. The standard InChI is InChI=1S/C15H15BrClNO2/c16-11-8-10(4-5-12(11)17)18-13(19)9-15(14(18)20)6-2-1-3-7-15/h4-5,8H,1-3,6-7,9H2. The molecule has 1 aliphatic heterocycles. The Labute approximate surface area is 131 Å². The number of hydrogen-bond donors (Lipinski definition) is 0. The predicted octanol–water partition coefficient (Wildman–Crippen LogP) is 4.32. The summed E-state index contributed by atoms with van der Waals surface area (Å²) in [6.45, 7) is 0. The smallest absolute Gasteiger partial charge is 0.240 e. The Hall–Kier alpha value is -0.870. The quantitative estimate of drug-likeness (QED) is 0.703. The van der Waals surface area contributed by atoms with Gasteiger partial charge in [-0.1, -0.05) is 30.9 Å². The Balaban J connectivity index is 1.95. The zero-order valence-electron chi connectivity index (χ0n) is 11.0. The van der Waals surface area contributed by atoms with E-state index in [1.165, 1.54) is 4.90 Å². The van der Waals surface area contributed by atoms with Crippen LogP contribution in [0.2, 0.25) is 5.02 Å². The van der Waals surface area contributed by atoms with Crippen molar-refractivity contribution in [1.82, 2.24) is 0 Å². The number of carbonyl (C=O) groups is 2. The third kappa shape index (κ3) is 2.19. The highest BCUT2D eigenvalue weighted by Crippen LogP contribution is 2.46. The Kier molecular flexibility index (Phi) is 3.63. The van der Waals surface area contributed by atoms with Crippen molar-refractivity contribution in [3.63, 3.8) is 0 Å². The number of imide groups is 1. The SMILES string of the molecule is O=C1CC2(CCCCC2)C(=O)N1c1ccc(Cl)c(Br)c1. The molecule has 1 aromatic rings. The van der Waals surface area contributed by atoms with Crippen LogP contribution in [0.1, 0.15) is 38.5 Å². The van der Waals surface area contributed by atoms with Crippen molar-refractivity contribution in [3.05, 3.63) is 27.7 Å². The average Bonchev–Trinajstić information content (AvgIpc) is 2.66. The Morgan fingerprint density at radius 2 is 1.85 bits per heavy atom. The summed E-state index contributed by atoms with van der Waals surface area (Å²) in [6.07, 6.45) is 5.27. The highest BCUT2D eigenvalue weighted by atomic mass is 79.9. The van der Waals surface area contributed by atoms with Crippen molar-refractivity contribution in [2.75, 3.05) is 4.90 Å². The maximum Gasteiger partial charge on any atom is 0.240 e. The number of nitrogens with zero attached hydrogens (tertiary/aromatic N) is 1. The van der Waals surface area contributed by atoms with Crippen molar-refractivity contribution in [2.24, 2.45) is 5.41 Å². The number of hydrogen-bond acceptors (Lipinski definition) is 2. The first kappa shape index (κ1) is 14.1. The first-order valence-corrected chi connectivity index (χ1v) is 8.03. The first-order chi connectivity index (χ1) is 9.53. The largest absolute Gasteiger partial charge is 0.274 e. The van der Waals surface area contributed by atoms with Crippen LogP contribution >= 0.6 is 27.5 Å². The van der Waals surface area contributed by atoms with Crippen molar-refractivity contribution < 1.29 is 9.59 Å². The topological polar surface area (TPSA) is 37.4 Å². The molecule has 1 saturated heterocycles. The number of rotatable bonds is 1. The summed E-state index contributed by atoms with van der Waals surface area (Å²) >= 11 is 9.31. The maximum atomic E-state index is 12.7. The van der Waals surface area contributed by atoms with Gasteiger partial charge in [0.15, 0.2) is 0 Å². The monoisotopic (exact) mass is 355 g/mol. The highest BCUT2D eigenvalue weighted by molar-refractivity contribution is 9.10. The number of benzene rings is 1. The minimum atomic E-state index is -0.443. The molecule has 0 radical (unpaired) electrons. The van der Waals surface area contributed by atoms with Crippen LogP contribution in [0.5, 0.6) is 0 Å². The van der Waals surface area contributed by atoms with Crippen LogP contribution in [0, 0.1) is 5.41 Å². The fourth-order valence-corrected chi connectivity index (χ4v) is 3.78. The second-order valence-electron chi connectivity index (χ2n) is 5.65. The van der Waals surface area contributed by atoms with Gasteiger partial charge >= 0.3 is 0 Å². The molecule has 0 bridgehead atoms. The molecule has 1 spiro atoms. The molecule has 1 aromatic carbocycles. The van der Waals surface area contributed by atoms with Gasteiger partial charge in [-0.3, -0.25) is 14.5 Å². The molecule has 106 valence electrons. The zero-order valence-corrected chi connectivity index (χ0v) is 13.3. The van der Waals surface area contributed by atoms with E-state index in [-0.39, 0.29) is 11.8 Å². The molecule has 2 fully saturated rings. The molecule has 0 N–H and O–H groups in total.